The fourth-order valence-electron chi connectivity index (χ4n) is 3.19. The number of nitro groups is 1. The van der Waals surface area contributed by atoms with Crippen molar-refractivity contribution in [1.29, 1.82) is 0 Å². The number of carbonyl (C=O) groups is 2. The van der Waals surface area contributed by atoms with Gasteiger partial charge in [-0.25, -0.2) is 8.42 Å². The van der Waals surface area contributed by atoms with Gasteiger partial charge in [0.05, 0.1) is 15.7 Å². The van der Waals surface area contributed by atoms with E-state index in [1.165, 1.54) is 40.7 Å². The summed E-state index contributed by atoms with van der Waals surface area (Å²) in [6.45, 7) is -0.129. The average molecular weight is 447 g/mol. The van der Waals surface area contributed by atoms with Crippen LogP contribution in [0.25, 0.3) is 0 Å². The number of non-ortho nitro benzene ring substituents is 1. The molecule has 1 aliphatic heterocycles. The zero-order chi connectivity index (χ0) is 22.4. The van der Waals surface area contributed by atoms with Crippen molar-refractivity contribution in [3.05, 3.63) is 64.7 Å². The van der Waals surface area contributed by atoms with E-state index in [9.17, 15) is 28.1 Å². The summed E-state index contributed by atoms with van der Waals surface area (Å²) >= 11 is 0. The molecular formula is C20H21N3O7S. The van der Waals surface area contributed by atoms with Crippen molar-refractivity contribution >= 4 is 33.3 Å². The van der Waals surface area contributed by atoms with Gasteiger partial charge < -0.3 is 10.1 Å². The topological polar surface area (TPSA) is 136 Å². The summed E-state index contributed by atoms with van der Waals surface area (Å²) in [6.07, 6.45) is 0.601. The van der Waals surface area contributed by atoms with Gasteiger partial charge in [-0.15, -0.1) is 0 Å². The third-order valence-electron chi connectivity index (χ3n) is 4.88. The highest BCUT2D eigenvalue weighted by Crippen LogP contribution is 2.24. The molecule has 0 bridgehead atoms. The molecule has 0 radical (unpaired) electrons. The second-order valence-electron chi connectivity index (χ2n) is 6.95. The van der Waals surface area contributed by atoms with Gasteiger partial charge in [0.1, 0.15) is 0 Å². The van der Waals surface area contributed by atoms with E-state index in [0.717, 1.165) is 0 Å². The van der Waals surface area contributed by atoms with Crippen LogP contribution in [0.5, 0.6) is 0 Å². The average Bonchev–Trinajstić information content (AvgIpc) is 2.78. The maximum Gasteiger partial charge on any atom is 0.309 e. The number of hydrogen-bond donors (Lipinski definition) is 1. The molecule has 0 aliphatic carbocycles. The first kappa shape index (κ1) is 22.4. The number of ether oxygens (including phenoxy) is 1. The van der Waals surface area contributed by atoms with Crippen LogP contribution in [0.1, 0.15) is 12.8 Å². The van der Waals surface area contributed by atoms with Crippen molar-refractivity contribution < 1.29 is 27.7 Å². The summed E-state index contributed by atoms with van der Waals surface area (Å²) in [5, 5.41) is 13.1. The maximum absolute atomic E-state index is 12.6. The number of benzene rings is 2. The van der Waals surface area contributed by atoms with Crippen LogP contribution >= 0.6 is 0 Å². The largest absolute Gasteiger partial charge is 0.455 e. The Labute approximate surface area is 179 Å². The van der Waals surface area contributed by atoms with Gasteiger partial charge in [-0.3, -0.25) is 19.7 Å². The number of carbonyl (C=O) groups excluding carboxylic acids is 2. The summed E-state index contributed by atoms with van der Waals surface area (Å²) in [7, 11) is -3.61. The highest BCUT2D eigenvalue weighted by Gasteiger charge is 2.32. The van der Waals surface area contributed by atoms with Gasteiger partial charge in [-0.1, -0.05) is 18.2 Å². The van der Waals surface area contributed by atoms with Crippen LogP contribution < -0.4 is 5.32 Å². The number of nitro benzene ring substituents is 1. The molecule has 31 heavy (non-hydrogen) atoms. The van der Waals surface area contributed by atoms with Crippen molar-refractivity contribution in [2.75, 3.05) is 25.0 Å². The number of sulfonamides is 1. The van der Waals surface area contributed by atoms with E-state index in [4.69, 9.17) is 4.74 Å². The van der Waals surface area contributed by atoms with E-state index < -0.39 is 39.3 Å². The van der Waals surface area contributed by atoms with Gasteiger partial charge in [0, 0.05) is 30.9 Å². The number of nitrogens with one attached hydrogen (secondary N) is 1. The van der Waals surface area contributed by atoms with Crippen molar-refractivity contribution in [3.8, 4) is 0 Å². The van der Waals surface area contributed by atoms with E-state index in [1.54, 1.807) is 18.2 Å². The number of piperidine rings is 1. The molecule has 0 unspecified atom stereocenters. The van der Waals surface area contributed by atoms with E-state index in [0.29, 0.717) is 18.5 Å². The lowest BCUT2D eigenvalue weighted by atomic mass is 9.98. The minimum absolute atomic E-state index is 0.106. The summed E-state index contributed by atoms with van der Waals surface area (Å²) in [5.74, 6) is -1.63. The van der Waals surface area contributed by atoms with Crippen molar-refractivity contribution in [2.45, 2.75) is 17.7 Å². The molecule has 2 aromatic carbocycles. The van der Waals surface area contributed by atoms with Crippen LogP contribution in [0.15, 0.2) is 59.5 Å². The third-order valence-corrected chi connectivity index (χ3v) is 6.79. The molecule has 3 rings (SSSR count). The molecule has 164 valence electrons. The first-order chi connectivity index (χ1) is 14.8. The fraction of sp³-hybridized carbons (Fsp3) is 0.300. The Morgan fingerprint density at radius 2 is 1.68 bits per heavy atom. The number of anilines is 1. The van der Waals surface area contributed by atoms with Crippen molar-refractivity contribution in [2.24, 2.45) is 5.92 Å². The lowest BCUT2D eigenvalue weighted by Crippen LogP contribution is -2.40. The number of amides is 1. The zero-order valence-electron chi connectivity index (χ0n) is 16.5. The summed E-state index contributed by atoms with van der Waals surface area (Å²) in [6, 6.07) is 13.3. The number of rotatable bonds is 7. The molecule has 0 spiro atoms. The van der Waals surface area contributed by atoms with E-state index in [2.05, 4.69) is 5.32 Å². The number of hydrogen-bond acceptors (Lipinski definition) is 7. The van der Waals surface area contributed by atoms with Crippen LogP contribution in [0.2, 0.25) is 0 Å². The molecule has 1 aliphatic rings. The summed E-state index contributed by atoms with van der Waals surface area (Å²) < 4.78 is 31.7. The monoisotopic (exact) mass is 447 g/mol. The first-order valence-corrected chi connectivity index (χ1v) is 11.0. The second kappa shape index (κ2) is 9.67. The first-order valence-electron chi connectivity index (χ1n) is 9.53. The maximum atomic E-state index is 12.6. The van der Waals surface area contributed by atoms with Crippen molar-refractivity contribution in [1.82, 2.24) is 4.31 Å². The molecule has 2 aromatic rings. The van der Waals surface area contributed by atoms with Gasteiger partial charge in [0.2, 0.25) is 10.0 Å². The molecule has 1 saturated heterocycles. The molecule has 1 amide bonds. The summed E-state index contributed by atoms with van der Waals surface area (Å²) in [4.78, 5) is 34.5. The number of nitrogens with zero attached hydrogens (tertiary/aromatic N) is 2. The Morgan fingerprint density at radius 1 is 1.06 bits per heavy atom. The standard InChI is InChI=1S/C20H21N3O7S/c24-19(21-16-6-8-17(9-7-16)23(26)27)14-30-20(25)15-10-12-22(13-11-15)31(28,29)18-4-2-1-3-5-18/h1-9,15H,10-14H2,(H,21,24). The number of esters is 1. The Kier molecular flexibility index (Phi) is 6.98. The normalized spacial score (nSPS) is 15.2. The predicted octanol–water partition coefficient (Wildman–Crippen LogP) is 2.18. The van der Waals surface area contributed by atoms with Gasteiger partial charge in [0.15, 0.2) is 6.61 Å². The minimum atomic E-state index is -3.61. The molecule has 0 atom stereocenters. The van der Waals surface area contributed by atoms with Crippen LogP contribution in [-0.4, -0.2) is 49.2 Å². The SMILES string of the molecule is O=C(COC(=O)C1CCN(S(=O)(=O)c2ccccc2)CC1)Nc1ccc([N+](=O)[O-])cc1. The molecule has 1 fully saturated rings. The molecule has 10 nitrogen and oxygen atoms in total. The van der Waals surface area contributed by atoms with E-state index in [1.807, 2.05) is 0 Å². The smallest absolute Gasteiger partial charge is 0.309 e. The molecule has 0 aromatic heterocycles. The second-order valence-corrected chi connectivity index (χ2v) is 8.89. The molecular weight excluding hydrogens is 426 g/mol. The van der Waals surface area contributed by atoms with E-state index >= 15 is 0 Å². The lowest BCUT2D eigenvalue weighted by Gasteiger charge is -2.30. The van der Waals surface area contributed by atoms with Crippen molar-refractivity contribution in [3.63, 3.8) is 0 Å². The van der Waals surface area contributed by atoms with E-state index in [-0.39, 0.29) is 23.7 Å². The van der Waals surface area contributed by atoms with Crippen LogP contribution in [0.4, 0.5) is 11.4 Å². The van der Waals surface area contributed by atoms with Gasteiger partial charge in [-0.2, -0.15) is 4.31 Å². The van der Waals surface area contributed by atoms with Gasteiger partial charge in [-0.05, 0) is 37.1 Å². The van der Waals surface area contributed by atoms with Gasteiger partial charge >= 0.3 is 5.97 Å². The molecule has 11 heteroatoms. The van der Waals surface area contributed by atoms with Crippen LogP contribution in [0.3, 0.4) is 0 Å². The molecule has 1 heterocycles. The van der Waals surface area contributed by atoms with Crippen LogP contribution in [-0.2, 0) is 24.3 Å². The lowest BCUT2D eigenvalue weighted by molar-refractivity contribution is -0.384. The Morgan fingerprint density at radius 3 is 2.26 bits per heavy atom. The zero-order valence-corrected chi connectivity index (χ0v) is 17.3. The minimum Gasteiger partial charge on any atom is -0.455 e. The molecule has 1 N–H and O–H groups in total. The molecule has 0 saturated carbocycles. The quantitative estimate of drug-likeness (QED) is 0.390. The summed E-state index contributed by atoms with van der Waals surface area (Å²) in [5.41, 5.74) is 0.233. The highest BCUT2D eigenvalue weighted by molar-refractivity contribution is 7.89. The highest BCUT2D eigenvalue weighted by atomic mass is 32.2. The van der Waals surface area contributed by atoms with Crippen LogP contribution in [0, 0.1) is 16.0 Å². The third kappa shape index (κ3) is 5.64. The van der Waals surface area contributed by atoms with Gasteiger partial charge in [0.25, 0.3) is 11.6 Å². The Bertz CT molecular complexity index is 1050. The Hall–Kier alpha value is -3.31. The predicted molar refractivity (Wildman–Crippen MR) is 111 cm³/mol. The Balaban J connectivity index is 1.45. The fourth-order valence-corrected chi connectivity index (χ4v) is 4.68.